The SMILES string of the molecule is Cc1ccc(N)cc1C(=O)NC(C)CC(C)(C)c1ccccc1.Cl. The molecule has 0 fully saturated rings. The summed E-state index contributed by atoms with van der Waals surface area (Å²) < 4.78 is 0. The van der Waals surface area contributed by atoms with E-state index in [1.165, 1.54) is 5.56 Å². The summed E-state index contributed by atoms with van der Waals surface area (Å²) >= 11 is 0. The van der Waals surface area contributed by atoms with Gasteiger partial charge >= 0.3 is 0 Å². The summed E-state index contributed by atoms with van der Waals surface area (Å²) in [5.41, 5.74) is 9.26. The van der Waals surface area contributed by atoms with E-state index in [1.54, 1.807) is 6.07 Å². The maximum atomic E-state index is 12.5. The summed E-state index contributed by atoms with van der Waals surface area (Å²) in [5.74, 6) is -0.0637. The number of nitrogen functional groups attached to an aromatic ring is 1. The third kappa shape index (κ3) is 5.00. The van der Waals surface area contributed by atoms with Crippen LogP contribution in [-0.4, -0.2) is 11.9 Å². The van der Waals surface area contributed by atoms with Crippen LogP contribution in [0.2, 0.25) is 0 Å². The summed E-state index contributed by atoms with van der Waals surface area (Å²) in [5, 5.41) is 3.10. The molecule has 0 saturated heterocycles. The molecule has 0 spiro atoms. The van der Waals surface area contributed by atoms with Crippen molar-refractivity contribution in [1.29, 1.82) is 0 Å². The predicted molar refractivity (Wildman–Crippen MR) is 104 cm³/mol. The number of hydrogen-bond donors (Lipinski definition) is 2. The Labute approximate surface area is 151 Å². The van der Waals surface area contributed by atoms with E-state index in [1.807, 2.05) is 32.0 Å². The molecule has 0 heterocycles. The maximum absolute atomic E-state index is 12.5. The molecule has 0 aromatic heterocycles. The first-order valence-corrected chi connectivity index (χ1v) is 8.02. The highest BCUT2D eigenvalue weighted by Crippen LogP contribution is 2.28. The van der Waals surface area contributed by atoms with Crippen LogP contribution in [0.15, 0.2) is 48.5 Å². The first-order chi connectivity index (χ1) is 10.8. The fourth-order valence-corrected chi connectivity index (χ4v) is 3.01. The number of anilines is 1. The zero-order chi connectivity index (χ0) is 17.0. The van der Waals surface area contributed by atoms with Crippen molar-refractivity contribution in [1.82, 2.24) is 5.32 Å². The highest BCUT2D eigenvalue weighted by Gasteiger charge is 2.24. The van der Waals surface area contributed by atoms with Gasteiger partial charge in [0.2, 0.25) is 0 Å². The van der Waals surface area contributed by atoms with E-state index in [4.69, 9.17) is 5.73 Å². The Kier molecular flexibility index (Phi) is 6.85. The molecule has 1 amide bonds. The number of rotatable bonds is 5. The molecule has 130 valence electrons. The van der Waals surface area contributed by atoms with Crippen molar-refractivity contribution in [2.45, 2.75) is 45.6 Å². The fourth-order valence-electron chi connectivity index (χ4n) is 3.01. The summed E-state index contributed by atoms with van der Waals surface area (Å²) in [7, 11) is 0. The minimum atomic E-state index is -0.0637. The van der Waals surface area contributed by atoms with E-state index < -0.39 is 0 Å². The van der Waals surface area contributed by atoms with E-state index in [-0.39, 0.29) is 29.8 Å². The van der Waals surface area contributed by atoms with E-state index in [0.717, 1.165) is 12.0 Å². The lowest BCUT2D eigenvalue weighted by Gasteiger charge is -2.29. The van der Waals surface area contributed by atoms with Crippen molar-refractivity contribution in [3.05, 3.63) is 65.2 Å². The lowest BCUT2D eigenvalue weighted by atomic mass is 9.79. The number of hydrogen-bond acceptors (Lipinski definition) is 2. The van der Waals surface area contributed by atoms with Gasteiger partial charge in [-0.25, -0.2) is 0 Å². The van der Waals surface area contributed by atoms with Gasteiger partial charge in [0.1, 0.15) is 0 Å². The van der Waals surface area contributed by atoms with E-state index >= 15 is 0 Å². The molecule has 24 heavy (non-hydrogen) atoms. The zero-order valence-electron chi connectivity index (χ0n) is 14.8. The van der Waals surface area contributed by atoms with Gasteiger partial charge in [0.15, 0.2) is 0 Å². The van der Waals surface area contributed by atoms with Crippen LogP contribution in [0.3, 0.4) is 0 Å². The van der Waals surface area contributed by atoms with Gasteiger partial charge in [-0.15, -0.1) is 12.4 Å². The van der Waals surface area contributed by atoms with E-state index in [9.17, 15) is 4.79 Å². The minimum absolute atomic E-state index is 0. The Morgan fingerprint density at radius 2 is 1.79 bits per heavy atom. The Bertz CT molecular complexity index is 683. The van der Waals surface area contributed by atoms with Crippen LogP contribution in [0.25, 0.3) is 0 Å². The zero-order valence-corrected chi connectivity index (χ0v) is 15.6. The van der Waals surface area contributed by atoms with Crippen molar-refractivity contribution >= 4 is 24.0 Å². The molecule has 0 aliphatic carbocycles. The van der Waals surface area contributed by atoms with E-state index in [2.05, 4.69) is 43.4 Å². The molecule has 0 aliphatic rings. The second-order valence-electron chi connectivity index (χ2n) is 6.90. The van der Waals surface area contributed by atoms with Gasteiger partial charge in [-0.1, -0.05) is 50.2 Å². The number of nitrogens with two attached hydrogens (primary N) is 1. The van der Waals surface area contributed by atoms with Crippen LogP contribution < -0.4 is 11.1 Å². The Morgan fingerprint density at radius 1 is 1.17 bits per heavy atom. The molecule has 4 heteroatoms. The average Bonchev–Trinajstić information content (AvgIpc) is 2.50. The molecule has 0 radical (unpaired) electrons. The van der Waals surface area contributed by atoms with Crippen molar-refractivity contribution in [2.24, 2.45) is 0 Å². The number of amides is 1. The van der Waals surface area contributed by atoms with E-state index in [0.29, 0.717) is 11.3 Å². The second-order valence-corrected chi connectivity index (χ2v) is 6.90. The van der Waals surface area contributed by atoms with Crippen molar-refractivity contribution < 1.29 is 4.79 Å². The molecule has 2 rings (SSSR count). The summed E-state index contributed by atoms with van der Waals surface area (Å²) in [6, 6.07) is 15.9. The van der Waals surface area contributed by atoms with Crippen LogP contribution >= 0.6 is 12.4 Å². The normalized spacial score (nSPS) is 12.2. The monoisotopic (exact) mass is 346 g/mol. The summed E-state index contributed by atoms with van der Waals surface area (Å²) in [6.45, 7) is 8.38. The molecule has 2 aromatic rings. The van der Waals surface area contributed by atoms with Gasteiger partial charge in [0.05, 0.1) is 0 Å². The molecular weight excluding hydrogens is 320 g/mol. The molecule has 1 atom stereocenters. The van der Waals surface area contributed by atoms with Gasteiger partial charge in [-0.05, 0) is 48.9 Å². The number of carbonyl (C=O) groups is 1. The molecule has 3 nitrogen and oxygen atoms in total. The molecule has 1 unspecified atom stereocenters. The smallest absolute Gasteiger partial charge is 0.251 e. The van der Waals surface area contributed by atoms with Gasteiger partial charge in [0, 0.05) is 17.3 Å². The summed E-state index contributed by atoms with van der Waals surface area (Å²) in [6.07, 6.45) is 0.865. The number of halogens is 1. The highest BCUT2D eigenvalue weighted by atomic mass is 35.5. The van der Waals surface area contributed by atoms with Crippen LogP contribution in [0.4, 0.5) is 5.69 Å². The maximum Gasteiger partial charge on any atom is 0.251 e. The number of benzene rings is 2. The Balaban J connectivity index is 0.00000288. The molecule has 0 saturated carbocycles. The second kappa shape index (κ2) is 8.20. The highest BCUT2D eigenvalue weighted by molar-refractivity contribution is 5.96. The number of aryl methyl sites for hydroxylation is 1. The lowest BCUT2D eigenvalue weighted by Crippen LogP contribution is -2.37. The first-order valence-electron chi connectivity index (χ1n) is 8.02. The van der Waals surface area contributed by atoms with Gasteiger partial charge in [0.25, 0.3) is 5.91 Å². The van der Waals surface area contributed by atoms with Crippen LogP contribution in [0.1, 0.15) is 48.7 Å². The Hall–Kier alpha value is -2.00. The Morgan fingerprint density at radius 3 is 2.42 bits per heavy atom. The molecule has 0 bridgehead atoms. The van der Waals surface area contributed by atoms with Crippen molar-refractivity contribution in [3.63, 3.8) is 0 Å². The molecule has 2 aromatic carbocycles. The third-order valence-corrected chi connectivity index (χ3v) is 4.26. The van der Waals surface area contributed by atoms with Gasteiger partial charge in [-0.2, -0.15) is 0 Å². The van der Waals surface area contributed by atoms with Crippen LogP contribution in [0.5, 0.6) is 0 Å². The average molecular weight is 347 g/mol. The third-order valence-electron chi connectivity index (χ3n) is 4.26. The molecular formula is C20H27ClN2O. The minimum Gasteiger partial charge on any atom is -0.399 e. The van der Waals surface area contributed by atoms with Gasteiger partial charge in [-0.3, -0.25) is 4.79 Å². The predicted octanol–water partition coefficient (Wildman–Crippen LogP) is 4.49. The van der Waals surface area contributed by atoms with Crippen LogP contribution in [0, 0.1) is 6.92 Å². The molecule has 3 N–H and O–H groups in total. The number of nitrogens with one attached hydrogen (secondary N) is 1. The summed E-state index contributed by atoms with van der Waals surface area (Å²) in [4.78, 5) is 12.5. The standard InChI is InChI=1S/C20H26N2O.ClH/c1-14-10-11-17(21)12-18(14)19(23)22-15(2)13-20(3,4)16-8-6-5-7-9-16;/h5-12,15H,13,21H2,1-4H3,(H,22,23);1H. The molecule has 0 aliphatic heterocycles. The lowest BCUT2D eigenvalue weighted by molar-refractivity contribution is 0.0934. The van der Waals surface area contributed by atoms with Gasteiger partial charge < -0.3 is 11.1 Å². The topological polar surface area (TPSA) is 55.1 Å². The van der Waals surface area contributed by atoms with Crippen LogP contribution in [-0.2, 0) is 5.41 Å². The van der Waals surface area contributed by atoms with Crippen molar-refractivity contribution in [2.75, 3.05) is 5.73 Å². The number of carbonyl (C=O) groups excluding carboxylic acids is 1. The largest absolute Gasteiger partial charge is 0.399 e. The quantitative estimate of drug-likeness (QED) is 0.784. The van der Waals surface area contributed by atoms with Crippen molar-refractivity contribution in [3.8, 4) is 0 Å². The fraction of sp³-hybridized carbons (Fsp3) is 0.350. The first kappa shape index (κ1) is 20.0.